The maximum Gasteiger partial charge on any atom is 0.352 e. The molecular formula is C14H27NO2. The van der Waals surface area contributed by atoms with Gasteiger partial charge < -0.3 is 4.84 Å². The quantitative estimate of drug-likeness (QED) is 0.455. The third kappa shape index (κ3) is 7.97. The van der Waals surface area contributed by atoms with Crippen molar-refractivity contribution >= 4 is 5.97 Å². The van der Waals surface area contributed by atoms with Crippen molar-refractivity contribution in [3.8, 4) is 0 Å². The molecule has 3 nitrogen and oxygen atoms in total. The maximum atomic E-state index is 11.7. The van der Waals surface area contributed by atoms with Gasteiger partial charge in [-0.1, -0.05) is 39.7 Å². The molecule has 3 heteroatoms. The van der Waals surface area contributed by atoms with Gasteiger partial charge in [0, 0.05) is 18.7 Å². The van der Waals surface area contributed by atoms with Crippen LogP contribution in [0.4, 0.5) is 0 Å². The smallest absolute Gasteiger partial charge is 0.352 e. The molecule has 0 amide bonds. The van der Waals surface area contributed by atoms with Gasteiger partial charge in [-0.15, -0.1) is 5.06 Å². The molecule has 0 aromatic carbocycles. The third-order valence-corrected chi connectivity index (χ3v) is 2.57. The van der Waals surface area contributed by atoms with E-state index in [0.717, 1.165) is 45.2 Å². The van der Waals surface area contributed by atoms with Gasteiger partial charge >= 0.3 is 5.97 Å². The highest BCUT2D eigenvalue weighted by atomic mass is 16.7. The monoisotopic (exact) mass is 241 g/mol. The Bertz CT molecular complexity index is 228. The first-order valence-corrected chi connectivity index (χ1v) is 6.79. The first-order chi connectivity index (χ1) is 8.15. The highest BCUT2D eigenvalue weighted by Gasteiger charge is 2.12. The number of hydrogen-bond donors (Lipinski definition) is 0. The molecule has 100 valence electrons. The lowest BCUT2D eigenvalue weighted by Gasteiger charge is -2.20. The number of hydrogen-bond acceptors (Lipinski definition) is 3. The van der Waals surface area contributed by atoms with Crippen LogP contribution < -0.4 is 0 Å². The zero-order valence-corrected chi connectivity index (χ0v) is 11.8. The van der Waals surface area contributed by atoms with Gasteiger partial charge in [-0.2, -0.15) is 0 Å². The van der Waals surface area contributed by atoms with Gasteiger partial charge in [0.2, 0.25) is 0 Å². The summed E-state index contributed by atoms with van der Waals surface area (Å²) in [5.41, 5.74) is 0.700. The van der Waals surface area contributed by atoms with Crippen LogP contribution in [-0.4, -0.2) is 24.1 Å². The van der Waals surface area contributed by atoms with Gasteiger partial charge in [0.05, 0.1) is 0 Å². The average molecular weight is 241 g/mol. The van der Waals surface area contributed by atoms with E-state index in [4.69, 9.17) is 4.84 Å². The number of allylic oxidation sites excluding steroid dienone is 1. The number of unbranched alkanes of at least 4 members (excludes halogenated alkanes) is 2. The van der Waals surface area contributed by atoms with Crippen LogP contribution in [-0.2, 0) is 9.63 Å². The fraction of sp³-hybridized carbons (Fsp3) is 0.786. The molecule has 0 saturated carbocycles. The Morgan fingerprint density at radius 3 is 2.06 bits per heavy atom. The summed E-state index contributed by atoms with van der Waals surface area (Å²) in [6.07, 6.45) is 7.12. The van der Waals surface area contributed by atoms with E-state index in [1.165, 1.54) is 0 Å². The molecule has 0 fully saturated rings. The highest BCUT2D eigenvalue weighted by Crippen LogP contribution is 2.05. The first-order valence-electron chi connectivity index (χ1n) is 6.79. The standard InChI is InChI=1S/C14H27NO2/c1-5-8-11-15(12-9-6-2)17-14(16)13(4)10-7-3/h10H,5-9,11-12H2,1-4H3/b13-10+. The minimum atomic E-state index is -0.209. The van der Waals surface area contributed by atoms with Gasteiger partial charge in [-0.25, -0.2) is 4.79 Å². The SMILES string of the molecule is CC/C=C(\C)C(=O)ON(CCCC)CCCC. The van der Waals surface area contributed by atoms with Crippen LogP contribution in [0.3, 0.4) is 0 Å². The Morgan fingerprint density at radius 1 is 1.12 bits per heavy atom. The second-order valence-electron chi connectivity index (χ2n) is 4.31. The van der Waals surface area contributed by atoms with Crippen LogP contribution in [0.5, 0.6) is 0 Å². The van der Waals surface area contributed by atoms with E-state index in [1.807, 2.05) is 25.0 Å². The van der Waals surface area contributed by atoms with Crippen LogP contribution in [0.2, 0.25) is 0 Å². The summed E-state index contributed by atoms with van der Waals surface area (Å²) < 4.78 is 0. The Balaban J connectivity index is 4.20. The molecule has 0 bridgehead atoms. The topological polar surface area (TPSA) is 29.5 Å². The summed E-state index contributed by atoms with van der Waals surface area (Å²) in [6, 6.07) is 0. The third-order valence-electron chi connectivity index (χ3n) is 2.57. The zero-order chi connectivity index (χ0) is 13.1. The maximum absolute atomic E-state index is 11.7. The summed E-state index contributed by atoms with van der Waals surface area (Å²) in [5.74, 6) is -0.209. The number of hydroxylamine groups is 2. The van der Waals surface area contributed by atoms with E-state index in [2.05, 4.69) is 13.8 Å². The van der Waals surface area contributed by atoms with Crippen molar-refractivity contribution in [2.24, 2.45) is 0 Å². The summed E-state index contributed by atoms with van der Waals surface area (Å²) in [5, 5.41) is 1.81. The van der Waals surface area contributed by atoms with Crippen LogP contribution in [0.1, 0.15) is 59.8 Å². The van der Waals surface area contributed by atoms with Gasteiger partial charge in [0.15, 0.2) is 0 Å². The normalized spacial score (nSPS) is 11.9. The molecule has 17 heavy (non-hydrogen) atoms. The van der Waals surface area contributed by atoms with Crippen molar-refractivity contribution in [3.05, 3.63) is 11.6 Å². The predicted molar refractivity (Wildman–Crippen MR) is 71.5 cm³/mol. The van der Waals surface area contributed by atoms with Crippen LogP contribution in [0.15, 0.2) is 11.6 Å². The molecule has 0 heterocycles. The lowest BCUT2D eigenvalue weighted by molar-refractivity contribution is -0.186. The average Bonchev–Trinajstić information content (AvgIpc) is 2.32. The minimum absolute atomic E-state index is 0.209. The first kappa shape index (κ1) is 16.2. The molecule has 0 N–H and O–H groups in total. The number of carbonyl (C=O) groups is 1. The van der Waals surface area contributed by atoms with Gasteiger partial charge in [-0.3, -0.25) is 0 Å². The largest absolute Gasteiger partial charge is 0.364 e. The molecule has 0 spiro atoms. The summed E-state index contributed by atoms with van der Waals surface area (Å²) >= 11 is 0. The molecule has 0 aliphatic heterocycles. The zero-order valence-electron chi connectivity index (χ0n) is 11.8. The van der Waals surface area contributed by atoms with Gasteiger partial charge in [-0.05, 0) is 26.2 Å². The fourth-order valence-corrected chi connectivity index (χ4v) is 1.45. The van der Waals surface area contributed by atoms with Crippen LogP contribution in [0.25, 0.3) is 0 Å². The molecule has 0 radical (unpaired) electrons. The van der Waals surface area contributed by atoms with Crippen LogP contribution in [0, 0.1) is 0 Å². The number of nitrogens with zero attached hydrogens (tertiary/aromatic N) is 1. The van der Waals surface area contributed by atoms with E-state index >= 15 is 0 Å². The predicted octanol–water partition coefficient (Wildman–Crippen LogP) is 3.70. The molecule has 0 saturated heterocycles. The van der Waals surface area contributed by atoms with Crippen molar-refractivity contribution in [1.82, 2.24) is 5.06 Å². The molecule has 0 aromatic rings. The molecular weight excluding hydrogens is 214 g/mol. The lowest BCUT2D eigenvalue weighted by Crippen LogP contribution is -2.29. The van der Waals surface area contributed by atoms with Crippen molar-refractivity contribution < 1.29 is 9.63 Å². The second kappa shape index (κ2) is 10.3. The summed E-state index contributed by atoms with van der Waals surface area (Å²) in [4.78, 5) is 17.1. The lowest BCUT2D eigenvalue weighted by atomic mass is 10.2. The van der Waals surface area contributed by atoms with Gasteiger partial charge in [0.25, 0.3) is 0 Å². The Labute approximate surface area is 106 Å². The summed E-state index contributed by atoms with van der Waals surface area (Å²) in [6.45, 7) is 9.78. The van der Waals surface area contributed by atoms with Crippen molar-refractivity contribution in [3.63, 3.8) is 0 Å². The van der Waals surface area contributed by atoms with Gasteiger partial charge in [0.1, 0.15) is 0 Å². The van der Waals surface area contributed by atoms with E-state index in [-0.39, 0.29) is 5.97 Å². The molecule has 0 aromatic heterocycles. The Kier molecular flexibility index (Phi) is 9.83. The van der Waals surface area contributed by atoms with E-state index in [1.54, 1.807) is 0 Å². The number of rotatable bonds is 9. The molecule has 0 unspecified atom stereocenters. The van der Waals surface area contributed by atoms with Crippen molar-refractivity contribution in [2.75, 3.05) is 13.1 Å². The summed E-state index contributed by atoms with van der Waals surface area (Å²) in [7, 11) is 0. The molecule has 0 aliphatic carbocycles. The minimum Gasteiger partial charge on any atom is -0.364 e. The molecule has 0 atom stereocenters. The molecule has 0 rings (SSSR count). The number of carbonyl (C=O) groups excluding carboxylic acids is 1. The van der Waals surface area contributed by atoms with E-state index in [9.17, 15) is 4.79 Å². The van der Waals surface area contributed by atoms with Crippen molar-refractivity contribution in [2.45, 2.75) is 59.8 Å². The highest BCUT2D eigenvalue weighted by molar-refractivity contribution is 5.87. The molecule has 0 aliphatic rings. The van der Waals surface area contributed by atoms with Crippen molar-refractivity contribution in [1.29, 1.82) is 0 Å². The Hall–Kier alpha value is -0.830. The Morgan fingerprint density at radius 2 is 1.65 bits per heavy atom. The van der Waals surface area contributed by atoms with E-state index in [0.29, 0.717) is 5.57 Å². The fourth-order valence-electron chi connectivity index (χ4n) is 1.45. The second-order valence-corrected chi connectivity index (χ2v) is 4.31. The van der Waals surface area contributed by atoms with E-state index < -0.39 is 0 Å². The van der Waals surface area contributed by atoms with Crippen LogP contribution >= 0.6 is 0 Å².